The minimum absolute atomic E-state index is 0.0406. The number of hydrogen-bond donors (Lipinski definition) is 1. The number of carbonyl (C=O) groups is 1. The van der Waals surface area contributed by atoms with Gasteiger partial charge in [-0.25, -0.2) is 0 Å². The zero-order valence-corrected chi connectivity index (χ0v) is 11.7. The maximum absolute atomic E-state index is 13.1. The highest BCUT2D eigenvalue weighted by molar-refractivity contribution is 5.76. The van der Waals surface area contributed by atoms with Crippen LogP contribution in [0.4, 0.5) is 13.2 Å². The van der Waals surface area contributed by atoms with Crippen LogP contribution in [0, 0.1) is 11.3 Å². The molecule has 6 heteroatoms. The highest BCUT2D eigenvalue weighted by Gasteiger charge is 2.64. The average molecular weight is 293 g/mol. The molecule has 0 spiro atoms. The molecule has 1 aliphatic heterocycles. The van der Waals surface area contributed by atoms with E-state index in [0.717, 1.165) is 25.7 Å². The monoisotopic (exact) mass is 293 g/mol. The summed E-state index contributed by atoms with van der Waals surface area (Å²) < 4.78 is 39.4. The lowest BCUT2D eigenvalue weighted by molar-refractivity contribution is -0.228. The first-order valence-electron chi connectivity index (χ1n) is 7.32. The van der Waals surface area contributed by atoms with Crippen molar-refractivity contribution in [3.8, 4) is 0 Å². The molecule has 2 rings (SSSR count). The van der Waals surface area contributed by atoms with Gasteiger partial charge in [0.1, 0.15) is 0 Å². The largest absolute Gasteiger partial charge is 0.481 e. The highest BCUT2D eigenvalue weighted by Crippen LogP contribution is 2.47. The smallest absolute Gasteiger partial charge is 0.406 e. The van der Waals surface area contributed by atoms with Crippen LogP contribution in [-0.2, 0) is 4.79 Å². The molecule has 1 aliphatic carbocycles. The van der Waals surface area contributed by atoms with E-state index >= 15 is 0 Å². The molecule has 0 radical (unpaired) electrons. The normalized spacial score (nSPS) is 31.4. The summed E-state index contributed by atoms with van der Waals surface area (Å²) in [5.41, 5.74) is -2.57. The lowest BCUT2D eigenvalue weighted by atomic mass is 9.83. The molecule has 3 nitrogen and oxygen atoms in total. The van der Waals surface area contributed by atoms with Gasteiger partial charge in [0, 0.05) is 12.6 Å². The Kier molecular flexibility index (Phi) is 4.33. The molecule has 2 aliphatic rings. The van der Waals surface area contributed by atoms with Crippen LogP contribution in [0.3, 0.4) is 0 Å². The summed E-state index contributed by atoms with van der Waals surface area (Å²) in [6, 6.07) is 0.0406. The molecule has 1 heterocycles. The minimum atomic E-state index is -4.68. The van der Waals surface area contributed by atoms with E-state index in [4.69, 9.17) is 5.11 Å². The molecular formula is C14H22F3NO2. The molecular weight excluding hydrogens is 271 g/mol. The SMILES string of the molecule is CC(C1CCCCC1)N1CCC(C(=O)O)(C(F)(F)F)C1. The van der Waals surface area contributed by atoms with E-state index in [1.54, 1.807) is 4.90 Å². The van der Waals surface area contributed by atoms with E-state index in [1.165, 1.54) is 6.42 Å². The predicted octanol–water partition coefficient (Wildman–Crippen LogP) is 3.29. The third-order valence-electron chi connectivity index (χ3n) is 5.16. The number of rotatable bonds is 3. The van der Waals surface area contributed by atoms with Gasteiger partial charge in [-0.1, -0.05) is 19.3 Å². The fourth-order valence-corrected chi connectivity index (χ4v) is 3.63. The van der Waals surface area contributed by atoms with Crippen LogP contribution in [-0.4, -0.2) is 41.3 Å². The van der Waals surface area contributed by atoms with Gasteiger partial charge in [0.15, 0.2) is 5.41 Å². The van der Waals surface area contributed by atoms with Crippen LogP contribution in [0.2, 0.25) is 0 Å². The van der Waals surface area contributed by atoms with Gasteiger partial charge in [-0.2, -0.15) is 13.2 Å². The Balaban J connectivity index is 2.08. The Morgan fingerprint density at radius 3 is 2.35 bits per heavy atom. The van der Waals surface area contributed by atoms with Crippen molar-refractivity contribution in [2.24, 2.45) is 11.3 Å². The van der Waals surface area contributed by atoms with Gasteiger partial charge >= 0.3 is 12.1 Å². The molecule has 1 saturated carbocycles. The topological polar surface area (TPSA) is 40.5 Å². The van der Waals surface area contributed by atoms with E-state index in [2.05, 4.69) is 0 Å². The molecule has 0 bridgehead atoms. The van der Waals surface area contributed by atoms with Gasteiger partial charge in [0.2, 0.25) is 0 Å². The van der Waals surface area contributed by atoms with Crippen LogP contribution >= 0.6 is 0 Å². The van der Waals surface area contributed by atoms with Gasteiger partial charge in [0.05, 0.1) is 0 Å². The van der Waals surface area contributed by atoms with Crippen molar-refractivity contribution in [3.05, 3.63) is 0 Å². The predicted molar refractivity (Wildman–Crippen MR) is 68.4 cm³/mol. The summed E-state index contributed by atoms with van der Waals surface area (Å²) in [6.45, 7) is 1.78. The van der Waals surface area contributed by atoms with E-state index in [0.29, 0.717) is 5.92 Å². The fourth-order valence-electron chi connectivity index (χ4n) is 3.63. The van der Waals surface area contributed by atoms with Gasteiger partial charge < -0.3 is 5.11 Å². The van der Waals surface area contributed by atoms with Crippen LogP contribution in [0.25, 0.3) is 0 Å². The number of halogens is 3. The third-order valence-corrected chi connectivity index (χ3v) is 5.16. The second kappa shape index (κ2) is 5.54. The van der Waals surface area contributed by atoms with Crippen molar-refractivity contribution in [1.82, 2.24) is 4.90 Å². The zero-order chi connectivity index (χ0) is 15.0. The Morgan fingerprint density at radius 1 is 1.30 bits per heavy atom. The second-order valence-electron chi connectivity index (χ2n) is 6.24. The Bertz CT molecular complexity index is 366. The lowest BCUT2D eigenvalue weighted by Crippen LogP contribution is -2.48. The Hall–Kier alpha value is -0.780. The van der Waals surface area contributed by atoms with Crippen molar-refractivity contribution in [2.45, 2.75) is 57.7 Å². The van der Waals surface area contributed by atoms with Gasteiger partial charge in [0.25, 0.3) is 0 Å². The summed E-state index contributed by atoms with van der Waals surface area (Å²) in [7, 11) is 0. The van der Waals surface area contributed by atoms with Crippen LogP contribution < -0.4 is 0 Å². The molecule has 1 N–H and O–H groups in total. The number of carboxylic acid groups (broad SMARTS) is 1. The zero-order valence-electron chi connectivity index (χ0n) is 11.7. The lowest BCUT2D eigenvalue weighted by Gasteiger charge is -2.35. The molecule has 2 fully saturated rings. The Labute approximate surface area is 117 Å². The minimum Gasteiger partial charge on any atom is -0.481 e. The van der Waals surface area contributed by atoms with Crippen LogP contribution in [0.5, 0.6) is 0 Å². The summed E-state index contributed by atoms with van der Waals surface area (Å²) in [5.74, 6) is -1.33. The van der Waals surface area contributed by atoms with Crippen molar-refractivity contribution in [1.29, 1.82) is 0 Å². The second-order valence-corrected chi connectivity index (χ2v) is 6.24. The van der Waals surface area contributed by atoms with Crippen molar-refractivity contribution in [2.75, 3.05) is 13.1 Å². The summed E-state index contributed by atoms with van der Waals surface area (Å²) in [6.07, 6.45) is 0.541. The number of alkyl halides is 3. The highest BCUT2D eigenvalue weighted by atomic mass is 19.4. The molecule has 2 unspecified atom stereocenters. The number of nitrogens with zero attached hydrogens (tertiary/aromatic N) is 1. The first kappa shape index (κ1) is 15.6. The molecule has 0 amide bonds. The quantitative estimate of drug-likeness (QED) is 0.868. The first-order chi connectivity index (χ1) is 9.28. The van der Waals surface area contributed by atoms with E-state index < -0.39 is 24.1 Å². The summed E-state index contributed by atoms with van der Waals surface area (Å²) in [5, 5.41) is 9.06. The van der Waals surface area contributed by atoms with E-state index in [-0.39, 0.29) is 19.0 Å². The molecule has 1 saturated heterocycles. The third kappa shape index (κ3) is 2.67. The summed E-state index contributed by atoms with van der Waals surface area (Å²) >= 11 is 0. The maximum atomic E-state index is 13.1. The number of hydrogen-bond acceptors (Lipinski definition) is 2. The molecule has 2 atom stereocenters. The summed E-state index contributed by atoms with van der Waals surface area (Å²) in [4.78, 5) is 12.9. The molecule has 0 aromatic heterocycles. The van der Waals surface area contributed by atoms with E-state index in [1.807, 2.05) is 6.92 Å². The Morgan fingerprint density at radius 2 is 1.90 bits per heavy atom. The van der Waals surface area contributed by atoms with Gasteiger partial charge in [-0.15, -0.1) is 0 Å². The fraction of sp³-hybridized carbons (Fsp3) is 0.929. The van der Waals surface area contributed by atoms with Crippen LogP contribution in [0.15, 0.2) is 0 Å². The molecule has 0 aromatic carbocycles. The number of carboxylic acids is 1. The van der Waals surface area contributed by atoms with Crippen molar-refractivity contribution < 1.29 is 23.1 Å². The van der Waals surface area contributed by atoms with Crippen LogP contribution in [0.1, 0.15) is 45.4 Å². The van der Waals surface area contributed by atoms with Gasteiger partial charge in [-0.05, 0) is 38.6 Å². The van der Waals surface area contributed by atoms with Crippen molar-refractivity contribution >= 4 is 5.97 Å². The molecule has 116 valence electrons. The van der Waals surface area contributed by atoms with Gasteiger partial charge in [-0.3, -0.25) is 9.69 Å². The first-order valence-corrected chi connectivity index (χ1v) is 7.32. The number of likely N-dealkylation sites (tertiary alicyclic amines) is 1. The maximum Gasteiger partial charge on any atom is 0.406 e. The molecule has 20 heavy (non-hydrogen) atoms. The van der Waals surface area contributed by atoms with Crippen molar-refractivity contribution in [3.63, 3.8) is 0 Å². The molecule has 0 aromatic rings. The number of aliphatic carboxylic acids is 1. The standard InChI is InChI=1S/C14H22F3NO2/c1-10(11-5-3-2-4-6-11)18-8-7-13(9-18,12(19)20)14(15,16)17/h10-11H,2-9H2,1H3,(H,19,20). The van der Waals surface area contributed by atoms with E-state index in [9.17, 15) is 18.0 Å². The average Bonchev–Trinajstić information content (AvgIpc) is 2.85.